The molecule has 380 valence electrons. The van der Waals surface area contributed by atoms with Crippen LogP contribution in [0, 0.1) is 17.8 Å². The van der Waals surface area contributed by atoms with E-state index >= 15 is 0 Å². The molecule has 0 spiro atoms. The van der Waals surface area contributed by atoms with Gasteiger partial charge in [-0.3, -0.25) is 9.59 Å². The molecule has 0 aromatic rings. The number of esters is 2. The summed E-state index contributed by atoms with van der Waals surface area (Å²) in [4.78, 5) is 25.9. The number of rotatable bonds is 4. The van der Waals surface area contributed by atoms with Crippen molar-refractivity contribution in [3.63, 3.8) is 0 Å². The second-order valence-corrected chi connectivity index (χ2v) is 18.0. The lowest BCUT2D eigenvalue weighted by Gasteiger charge is -2.45. The number of carbonyl (C=O) groups is 2. The Morgan fingerprint density at radius 1 is 0.687 bits per heavy atom. The van der Waals surface area contributed by atoms with Gasteiger partial charge >= 0.3 is 11.9 Å². The van der Waals surface area contributed by atoms with Crippen LogP contribution in [0.3, 0.4) is 0 Å². The number of cyclic esters (lactones) is 1. The molecule has 67 heavy (non-hydrogen) atoms. The van der Waals surface area contributed by atoms with Crippen molar-refractivity contribution in [3.8, 4) is 0 Å². The van der Waals surface area contributed by atoms with Crippen molar-refractivity contribution >= 4 is 11.9 Å². The number of aliphatic hydroxyl groups is 10. The lowest BCUT2D eigenvalue weighted by atomic mass is 9.82. The van der Waals surface area contributed by atoms with Gasteiger partial charge in [-0.1, -0.05) is 98.9 Å². The minimum atomic E-state index is -2.27. The van der Waals surface area contributed by atoms with Crippen molar-refractivity contribution in [1.29, 1.82) is 0 Å². The van der Waals surface area contributed by atoms with Crippen molar-refractivity contribution in [2.45, 2.75) is 183 Å². The van der Waals surface area contributed by atoms with Crippen molar-refractivity contribution in [2.24, 2.45) is 23.5 Å². The lowest BCUT2D eigenvalue weighted by Crippen LogP contribution is -2.61. The highest BCUT2D eigenvalue weighted by Gasteiger charge is 2.51. The summed E-state index contributed by atoms with van der Waals surface area (Å²) >= 11 is 0. The minimum absolute atomic E-state index is 0.0345. The van der Waals surface area contributed by atoms with Crippen molar-refractivity contribution < 1.29 is 84.3 Å². The minimum Gasteiger partial charge on any atom is -0.466 e. The van der Waals surface area contributed by atoms with Crippen LogP contribution in [0.5, 0.6) is 0 Å². The molecular formula is C49H77NO17. The Morgan fingerprint density at radius 3 is 1.87 bits per heavy atom. The molecule has 3 aliphatic rings. The van der Waals surface area contributed by atoms with Gasteiger partial charge in [-0.05, 0) is 40.0 Å². The highest BCUT2D eigenvalue weighted by Crippen LogP contribution is 2.38. The first-order valence-electron chi connectivity index (χ1n) is 23.3. The molecule has 0 saturated carbocycles. The maximum Gasteiger partial charge on any atom is 0.314 e. The monoisotopic (exact) mass is 952 g/mol. The second-order valence-electron chi connectivity index (χ2n) is 18.0. The van der Waals surface area contributed by atoms with Crippen LogP contribution in [-0.2, 0) is 33.3 Å². The Kier molecular flexibility index (Phi) is 25.0. The van der Waals surface area contributed by atoms with E-state index in [0.29, 0.717) is 0 Å². The summed E-state index contributed by atoms with van der Waals surface area (Å²) in [5.74, 6) is -5.90. The Bertz CT molecular complexity index is 1700. The Morgan fingerprint density at radius 2 is 1.27 bits per heavy atom. The van der Waals surface area contributed by atoms with Gasteiger partial charge in [0.2, 0.25) is 0 Å². The van der Waals surface area contributed by atoms with Gasteiger partial charge in [-0.15, -0.1) is 0 Å². The molecule has 3 aliphatic heterocycles. The Balaban J connectivity index is 1.90. The first-order chi connectivity index (χ1) is 31.7. The van der Waals surface area contributed by atoms with Crippen LogP contribution in [0.2, 0.25) is 0 Å². The van der Waals surface area contributed by atoms with Gasteiger partial charge in [-0.25, -0.2) is 0 Å². The summed E-state index contributed by atoms with van der Waals surface area (Å²) in [6.45, 7) is 8.33. The van der Waals surface area contributed by atoms with Crippen LogP contribution in [0.25, 0.3) is 0 Å². The number of aliphatic hydroxyl groups excluding tert-OH is 9. The maximum atomic E-state index is 13.3. The molecule has 0 aromatic carbocycles. The number of ether oxygens (including phenoxy) is 5. The standard InChI is InChI=1S/C49H77NO17/c1-6-63-47(61)42-39(56)28-49(62)27-35(53)24-38(55)37(54)22-21-33(51)23-34(52)25-41(57)64-31(4)30(3)44(58)29(2)19-17-15-13-11-9-7-8-10-12-14-16-18-20-36(26-40(42)67-49)66-48-46(60)43(50)45(59)32(5)65-48/h7-20,29-40,42-46,48,51-56,58-60,62H,6,21-28,50H2,1-5H3/t29-,30-,31-,32+,33+,34+,35-,36-,37+,38+,39-,40-,42+,43-,44+,45+,46-,48-,49+/m0/s1. The van der Waals surface area contributed by atoms with E-state index in [2.05, 4.69) is 0 Å². The fourth-order valence-corrected chi connectivity index (χ4v) is 8.19. The molecule has 3 heterocycles. The fraction of sp³-hybridized carbons (Fsp3) is 0.673. The average Bonchev–Trinajstić information content (AvgIpc) is 3.25. The van der Waals surface area contributed by atoms with Gasteiger partial charge in [0.05, 0.1) is 86.2 Å². The van der Waals surface area contributed by atoms with Crippen LogP contribution in [0.15, 0.2) is 85.1 Å². The smallest absolute Gasteiger partial charge is 0.314 e. The zero-order valence-electron chi connectivity index (χ0n) is 39.2. The predicted octanol–water partition coefficient (Wildman–Crippen LogP) is 1.19. The van der Waals surface area contributed by atoms with E-state index in [-0.39, 0.29) is 38.2 Å². The van der Waals surface area contributed by atoms with Gasteiger partial charge in [-0.2, -0.15) is 0 Å². The fourth-order valence-electron chi connectivity index (χ4n) is 8.19. The molecule has 0 amide bonds. The third kappa shape index (κ3) is 19.5. The van der Waals surface area contributed by atoms with Gasteiger partial charge in [0.15, 0.2) is 12.1 Å². The van der Waals surface area contributed by atoms with Crippen molar-refractivity contribution in [3.05, 3.63) is 85.1 Å². The second kappa shape index (κ2) is 28.9. The van der Waals surface area contributed by atoms with Crippen LogP contribution < -0.4 is 5.73 Å². The highest BCUT2D eigenvalue weighted by molar-refractivity contribution is 5.74. The largest absolute Gasteiger partial charge is 0.466 e. The summed E-state index contributed by atoms with van der Waals surface area (Å²) in [7, 11) is 0. The molecule has 0 aromatic heterocycles. The van der Waals surface area contributed by atoms with Crippen LogP contribution in [0.1, 0.15) is 86.0 Å². The molecular weight excluding hydrogens is 875 g/mol. The summed E-state index contributed by atoms with van der Waals surface area (Å²) in [6.07, 6.45) is 4.56. The normalized spacial score (nSPS) is 41.1. The molecule has 19 atom stereocenters. The quantitative estimate of drug-likeness (QED) is 0.176. The molecule has 18 heteroatoms. The Labute approximate surface area is 394 Å². The van der Waals surface area contributed by atoms with Gasteiger partial charge in [0.25, 0.3) is 0 Å². The van der Waals surface area contributed by atoms with Crippen LogP contribution >= 0.6 is 0 Å². The molecule has 0 radical (unpaired) electrons. The molecule has 18 nitrogen and oxygen atoms in total. The van der Waals surface area contributed by atoms with Crippen LogP contribution in [0.4, 0.5) is 0 Å². The predicted molar refractivity (Wildman–Crippen MR) is 246 cm³/mol. The first kappa shape index (κ1) is 57.9. The maximum absolute atomic E-state index is 13.3. The topological polar surface area (TPSA) is 309 Å². The van der Waals surface area contributed by atoms with Gasteiger partial charge in [0.1, 0.15) is 18.1 Å². The first-order valence-corrected chi connectivity index (χ1v) is 23.3. The molecule has 12 N–H and O–H groups in total. The number of hydrogen-bond donors (Lipinski definition) is 11. The molecule has 3 rings (SSSR count). The van der Waals surface area contributed by atoms with Crippen molar-refractivity contribution in [2.75, 3.05) is 6.61 Å². The molecule has 2 saturated heterocycles. The molecule has 2 bridgehead atoms. The summed E-state index contributed by atoms with van der Waals surface area (Å²) in [5.41, 5.74) is 6.07. The number of fused-ring (bicyclic) bond motifs is 2. The van der Waals surface area contributed by atoms with Gasteiger partial charge in [0, 0.05) is 37.5 Å². The van der Waals surface area contributed by atoms with Crippen LogP contribution in [-0.4, -0.2) is 167 Å². The lowest BCUT2D eigenvalue weighted by molar-refractivity contribution is -0.309. The summed E-state index contributed by atoms with van der Waals surface area (Å²) in [5, 5.41) is 109. The molecule has 0 unspecified atom stereocenters. The van der Waals surface area contributed by atoms with E-state index < -0.39 is 147 Å². The number of allylic oxidation sites excluding steroid dienone is 12. The van der Waals surface area contributed by atoms with E-state index in [1.165, 1.54) is 0 Å². The average molecular weight is 952 g/mol. The number of nitrogens with two attached hydrogens (primary N) is 1. The molecule has 2 fully saturated rings. The van der Waals surface area contributed by atoms with Gasteiger partial charge < -0.3 is 80.5 Å². The third-order valence-corrected chi connectivity index (χ3v) is 12.3. The van der Waals surface area contributed by atoms with E-state index in [4.69, 9.17) is 29.4 Å². The van der Waals surface area contributed by atoms with E-state index in [1.807, 2.05) is 37.3 Å². The number of hydrogen-bond acceptors (Lipinski definition) is 18. The highest BCUT2D eigenvalue weighted by atomic mass is 16.7. The summed E-state index contributed by atoms with van der Waals surface area (Å²) in [6, 6.07) is -1.13. The van der Waals surface area contributed by atoms with Crippen molar-refractivity contribution in [1.82, 2.24) is 0 Å². The van der Waals surface area contributed by atoms with E-state index in [1.54, 1.807) is 82.4 Å². The summed E-state index contributed by atoms with van der Waals surface area (Å²) < 4.78 is 28.8. The molecule has 0 aliphatic carbocycles. The van der Waals surface area contributed by atoms with E-state index in [0.717, 1.165) is 0 Å². The SMILES string of the molecule is CCOC(=O)[C@H]1[C@@H]2C[C@@H](O[C@@H]3O[C@H](C)[C@@H](O)[C@H](N)[C@@H]3O)C=CC=CC=CC=CC=CC=CC=C[C@H](C)[C@@H](O)[C@@H](C)[C@H](C)OC(=O)C[C@H](O)C[C@H](O)CC[C@@H](O)[C@H](O)C[C@H](O)C[C@](O)(C[C@@H]1O)O2. The third-order valence-electron chi connectivity index (χ3n) is 12.3. The zero-order valence-corrected chi connectivity index (χ0v) is 39.2. The number of carbonyl (C=O) groups excluding carboxylic acids is 2. The Hall–Kier alpha value is -3.44. The zero-order chi connectivity index (χ0) is 49.8. The van der Waals surface area contributed by atoms with E-state index in [9.17, 15) is 60.7 Å².